The lowest BCUT2D eigenvalue weighted by molar-refractivity contribution is 0.0946. The minimum Gasteiger partial charge on any atom is -0.351 e. The van der Waals surface area contributed by atoms with E-state index in [1.807, 2.05) is 0 Å². The quantitative estimate of drug-likeness (QED) is 0.681. The number of aromatic nitrogens is 2. The first-order valence-electron chi connectivity index (χ1n) is 6.22. The number of hydrogen-bond acceptors (Lipinski definition) is 4. The molecule has 1 amide bonds. The van der Waals surface area contributed by atoms with Gasteiger partial charge in [-0.05, 0) is 26.1 Å². The highest BCUT2D eigenvalue weighted by molar-refractivity contribution is 5.91. The maximum Gasteiger partial charge on any atom is 0.271 e. The molecule has 1 aromatic heterocycles. The van der Waals surface area contributed by atoms with Crippen molar-refractivity contribution >= 4 is 5.91 Å². The van der Waals surface area contributed by atoms with Crippen molar-refractivity contribution in [1.82, 2.24) is 20.2 Å². The fourth-order valence-electron chi connectivity index (χ4n) is 1.60. The molecule has 1 rings (SSSR count). The Morgan fingerprint density at radius 3 is 2.72 bits per heavy atom. The Morgan fingerprint density at radius 2 is 2.17 bits per heavy atom. The Bertz CT molecular complexity index is 406. The van der Waals surface area contributed by atoms with Crippen molar-refractivity contribution in [3.63, 3.8) is 0 Å². The van der Waals surface area contributed by atoms with Crippen LogP contribution in [0.25, 0.3) is 0 Å². The normalized spacial score (nSPS) is 10.6. The molecule has 0 saturated heterocycles. The molecule has 2 N–H and O–H groups in total. The first-order valence-corrected chi connectivity index (χ1v) is 6.22. The van der Waals surface area contributed by atoms with Gasteiger partial charge in [0.15, 0.2) is 0 Å². The van der Waals surface area contributed by atoms with Gasteiger partial charge in [-0.25, -0.2) is 4.98 Å². The summed E-state index contributed by atoms with van der Waals surface area (Å²) in [5.74, 6) is -0.259. The zero-order valence-electron chi connectivity index (χ0n) is 10.9. The van der Waals surface area contributed by atoms with Crippen molar-refractivity contribution in [3.05, 3.63) is 28.4 Å². The van der Waals surface area contributed by atoms with E-state index in [4.69, 9.17) is 0 Å². The topological polar surface area (TPSA) is 78.1 Å². The predicted molar refractivity (Wildman–Crippen MR) is 69.6 cm³/mol. The summed E-state index contributed by atoms with van der Waals surface area (Å²) < 4.78 is 0. The summed E-state index contributed by atoms with van der Waals surface area (Å²) in [4.78, 5) is 30.9. The van der Waals surface area contributed by atoms with Gasteiger partial charge in [0, 0.05) is 12.7 Å². The first-order chi connectivity index (χ1) is 8.67. The Hall–Kier alpha value is -1.69. The van der Waals surface area contributed by atoms with Crippen molar-refractivity contribution in [1.29, 1.82) is 0 Å². The molecule has 0 unspecified atom stereocenters. The maximum absolute atomic E-state index is 11.6. The Balaban J connectivity index is 2.29. The van der Waals surface area contributed by atoms with Crippen LogP contribution in [0.15, 0.2) is 17.2 Å². The second-order valence-electron chi connectivity index (χ2n) is 3.93. The van der Waals surface area contributed by atoms with Crippen molar-refractivity contribution in [3.8, 4) is 0 Å². The number of aromatic amines is 1. The minimum absolute atomic E-state index is 0.234. The lowest BCUT2D eigenvalue weighted by Crippen LogP contribution is -2.30. The maximum atomic E-state index is 11.6. The molecular formula is C12H20N4O2. The molecule has 100 valence electrons. The van der Waals surface area contributed by atoms with Gasteiger partial charge in [0.05, 0.1) is 6.20 Å². The summed E-state index contributed by atoms with van der Waals surface area (Å²) in [5.41, 5.74) is -0.0782. The standard InChI is InChI=1S/C12H20N4O2/c1-3-16(4-2)7-5-6-13-12(18)10-8-15-11(17)9-14-10/h8-9H,3-7H2,1-2H3,(H,13,18)(H,15,17). The van der Waals surface area contributed by atoms with E-state index in [-0.39, 0.29) is 17.2 Å². The average molecular weight is 252 g/mol. The fraction of sp³-hybridized carbons (Fsp3) is 0.583. The third-order valence-electron chi connectivity index (χ3n) is 2.74. The van der Waals surface area contributed by atoms with Crippen molar-refractivity contribution in [2.45, 2.75) is 20.3 Å². The molecule has 0 aromatic carbocycles. The number of amides is 1. The van der Waals surface area contributed by atoms with Crippen LogP contribution in [0.3, 0.4) is 0 Å². The molecule has 0 saturated carbocycles. The SMILES string of the molecule is CCN(CC)CCCNC(=O)c1c[nH]c(=O)cn1. The van der Waals surface area contributed by atoms with E-state index in [1.54, 1.807) is 0 Å². The number of rotatable bonds is 7. The van der Waals surface area contributed by atoms with Crippen LogP contribution in [-0.4, -0.2) is 47.0 Å². The van der Waals surface area contributed by atoms with Gasteiger partial charge in [0.25, 0.3) is 11.5 Å². The second-order valence-corrected chi connectivity index (χ2v) is 3.93. The van der Waals surface area contributed by atoms with Gasteiger partial charge in [0.2, 0.25) is 0 Å². The molecule has 18 heavy (non-hydrogen) atoms. The predicted octanol–water partition coefficient (Wildman–Crippen LogP) is 0.232. The molecule has 0 spiro atoms. The monoisotopic (exact) mass is 252 g/mol. The summed E-state index contributed by atoms with van der Waals surface area (Å²) in [7, 11) is 0. The summed E-state index contributed by atoms with van der Waals surface area (Å²) >= 11 is 0. The van der Waals surface area contributed by atoms with Gasteiger partial charge >= 0.3 is 0 Å². The molecular weight excluding hydrogens is 232 g/mol. The largest absolute Gasteiger partial charge is 0.351 e. The van der Waals surface area contributed by atoms with Gasteiger partial charge < -0.3 is 15.2 Å². The molecule has 0 aliphatic rings. The van der Waals surface area contributed by atoms with Gasteiger partial charge in [-0.1, -0.05) is 13.8 Å². The number of H-pyrrole nitrogens is 1. The summed E-state index contributed by atoms with van der Waals surface area (Å²) in [6.45, 7) is 7.85. The fourth-order valence-corrected chi connectivity index (χ4v) is 1.60. The van der Waals surface area contributed by atoms with E-state index in [2.05, 4.69) is 34.0 Å². The highest BCUT2D eigenvalue weighted by Gasteiger charge is 2.06. The zero-order chi connectivity index (χ0) is 13.4. The lowest BCUT2D eigenvalue weighted by atomic mass is 10.3. The highest BCUT2D eigenvalue weighted by Crippen LogP contribution is 1.91. The third-order valence-corrected chi connectivity index (χ3v) is 2.74. The molecule has 0 bridgehead atoms. The van der Waals surface area contributed by atoms with Gasteiger partial charge in [0.1, 0.15) is 5.69 Å². The van der Waals surface area contributed by atoms with Crippen LogP contribution in [0.4, 0.5) is 0 Å². The van der Waals surface area contributed by atoms with Gasteiger partial charge in [-0.3, -0.25) is 9.59 Å². The van der Waals surface area contributed by atoms with Crippen LogP contribution in [0.5, 0.6) is 0 Å². The van der Waals surface area contributed by atoms with Gasteiger partial charge in [-0.2, -0.15) is 0 Å². The first kappa shape index (κ1) is 14.4. The Kier molecular flexibility index (Phi) is 6.07. The van der Waals surface area contributed by atoms with Crippen molar-refractivity contribution < 1.29 is 4.79 Å². The number of hydrogen-bond donors (Lipinski definition) is 2. The van der Waals surface area contributed by atoms with Crippen molar-refractivity contribution in [2.75, 3.05) is 26.2 Å². The molecule has 6 nitrogen and oxygen atoms in total. The van der Waals surface area contributed by atoms with E-state index < -0.39 is 0 Å². The molecule has 0 aliphatic heterocycles. The van der Waals surface area contributed by atoms with E-state index in [1.165, 1.54) is 6.20 Å². The molecule has 0 fully saturated rings. The van der Waals surface area contributed by atoms with Crippen LogP contribution >= 0.6 is 0 Å². The zero-order valence-corrected chi connectivity index (χ0v) is 10.9. The molecule has 1 aromatic rings. The molecule has 0 radical (unpaired) electrons. The van der Waals surface area contributed by atoms with E-state index >= 15 is 0 Å². The van der Waals surface area contributed by atoms with E-state index in [0.29, 0.717) is 6.54 Å². The Labute approximate surface area is 106 Å². The Morgan fingerprint density at radius 1 is 1.44 bits per heavy atom. The molecule has 6 heteroatoms. The average Bonchev–Trinajstić information content (AvgIpc) is 2.39. The number of nitrogens with zero attached hydrogens (tertiary/aromatic N) is 2. The summed E-state index contributed by atoms with van der Waals surface area (Å²) in [6.07, 6.45) is 3.32. The minimum atomic E-state index is -0.312. The van der Waals surface area contributed by atoms with Crippen molar-refractivity contribution in [2.24, 2.45) is 0 Å². The van der Waals surface area contributed by atoms with Crippen LogP contribution in [0, 0.1) is 0 Å². The highest BCUT2D eigenvalue weighted by atomic mass is 16.2. The number of carbonyl (C=O) groups is 1. The number of nitrogens with one attached hydrogen (secondary N) is 2. The van der Waals surface area contributed by atoms with Crippen LogP contribution in [0.1, 0.15) is 30.8 Å². The molecule has 0 atom stereocenters. The molecule has 0 aliphatic carbocycles. The molecule has 1 heterocycles. The van der Waals surface area contributed by atoms with E-state index in [9.17, 15) is 9.59 Å². The lowest BCUT2D eigenvalue weighted by Gasteiger charge is -2.17. The van der Waals surface area contributed by atoms with Gasteiger partial charge in [-0.15, -0.1) is 0 Å². The van der Waals surface area contributed by atoms with E-state index in [0.717, 1.165) is 32.3 Å². The smallest absolute Gasteiger partial charge is 0.271 e. The summed E-state index contributed by atoms with van der Waals surface area (Å²) in [6, 6.07) is 0. The van der Waals surface area contributed by atoms with Crippen LogP contribution in [0.2, 0.25) is 0 Å². The van der Waals surface area contributed by atoms with Crippen LogP contribution in [-0.2, 0) is 0 Å². The third kappa shape index (κ3) is 4.67. The second kappa shape index (κ2) is 7.60. The van der Waals surface area contributed by atoms with Crippen LogP contribution < -0.4 is 10.9 Å². The number of carbonyl (C=O) groups excluding carboxylic acids is 1. The summed E-state index contributed by atoms with van der Waals surface area (Å²) in [5, 5.41) is 2.77.